The number of halogens is 1. The number of carbonyl (C=O) groups excluding carboxylic acids is 2. The molecule has 0 aromatic heterocycles. The molecule has 2 amide bonds. The van der Waals surface area contributed by atoms with E-state index in [-0.39, 0.29) is 36.2 Å². The summed E-state index contributed by atoms with van der Waals surface area (Å²) in [4.78, 5) is 27.2. The van der Waals surface area contributed by atoms with Crippen LogP contribution in [0.3, 0.4) is 0 Å². The fourth-order valence-electron chi connectivity index (χ4n) is 3.48. The van der Waals surface area contributed by atoms with Crippen molar-refractivity contribution >= 4 is 24.2 Å². The van der Waals surface area contributed by atoms with E-state index in [0.717, 1.165) is 31.2 Å². The van der Waals surface area contributed by atoms with Crippen LogP contribution in [-0.4, -0.2) is 35.8 Å². The number of amides is 2. The van der Waals surface area contributed by atoms with Gasteiger partial charge >= 0.3 is 0 Å². The summed E-state index contributed by atoms with van der Waals surface area (Å²) < 4.78 is 0. The van der Waals surface area contributed by atoms with Crippen LogP contribution in [0.25, 0.3) is 0 Å². The number of hydrogen-bond acceptors (Lipinski definition) is 3. The molecule has 0 saturated carbocycles. The van der Waals surface area contributed by atoms with E-state index in [1.807, 2.05) is 37.3 Å². The van der Waals surface area contributed by atoms with E-state index in [0.29, 0.717) is 13.1 Å². The SMILES string of the molecule is CCCC(C)NC(=O)C1CCCN(C(=O)C(C)(N)c2ccccc2)C1.Cl. The van der Waals surface area contributed by atoms with Gasteiger partial charge in [-0.1, -0.05) is 43.7 Å². The quantitative estimate of drug-likeness (QED) is 0.795. The molecular weight excluding hydrogens is 350 g/mol. The third-order valence-electron chi connectivity index (χ3n) is 5.01. The fourth-order valence-corrected chi connectivity index (χ4v) is 3.48. The van der Waals surface area contributed by atoms with Crippen molar-refractivity contribution in [2.45, 2.75) is 58.0 Å². The molecule has 0 bridgehead atoms. The van der Waals surface area contributed by atoms with Crippen molar-refractivity contribution in [1.29, 1.82) is 0 Å². The van der Waals surface area contributed by atoms with E-state index in [2.05, 4.69) is 12.2 Å². The highest BCUT2D eigenvalue weighted by molar-refractivity contribution is 5.88. The summed E-state index contributed by atoms with van der Waals surface area (Å²) in [7, 11) is 0. The minimum atomic E-state index is -1.07. The molecule has 1 aliphatic rings. The molecular formula is C20H32ClN3O2. The van der Waals surface area contributed by atoms with E-state index in [9.17, 15) is 9.59 Å². The number of hydrogen-bond donors (Lipinski definition) is 2. The number of likely N-dealkylation sites (tertiary alicyclic amines) is 1. The largest absolute Gasteiger partial charge is 0.353 e. The number of nitrogens with one attached hydrogen (secondary N) is 1. The minimum Gasteiger partial charge on any atom is -0.353 e. The molecule has 1 aromatic rings. The molecule has 146 valence electrons. The first-order valence-electron chi connectivity index (χ1n) is 9.30. The van der Waals surface area contributed by atoms with Gasteiger partial charge in [-0.2, -0.15) is 0 Å². The maximum absolute atomic E-state index is 13.0. The topological polar surface area (TPSA) is 75.4 Å². The molecule has 0 aliphatic carbocycles. The van der Waals surface area contributed by atoms with Gasteiger partial charge in [0.1, 0.15) is 5.54 Å². The van der Waals surface area contributed by atoms with Gasteiger partial charge in [0, 0.05) is 19.1 Å². The van der Waals surface area contributed by atoms with Crippen molar-refractivity contribution in [1.82, 2.24) is 10.2 Å². The summed E-state index contributed by atoms with van der Waals surface area (Å²) in [6.45, 7) is 6.99. The van der Waals surface area contributed by atoms with E-state index in [1.165, 1.54) is 0 Å². The fraction of sp³-hybridized carbons (Fsp3) is 0.600. The Labute approximate surface area is 163 Å². The summed E-state index contributed by atoms with van der Waals surface area (Å²) in [5.74, 6) is -0.210. The lowest BCUT2D eigenvalue weighted by Crippen LogP contribution is -2.55. The normalized spacial score (nSPS) is 20.5. The Morgan fingerprint density at radius 2 is 2.00 bits per heavy atom. The maximum atomic E-state index is 13.0. The van der Waals surface area contributed by atoms with Crippen molar-refractivity contribution in [2.24, 2.45) is 11.7 Å². The summed E-state index contributed by atoms with van der Waals surface area (Å²) in [5.41, 5.74) is 6.08. The number of rotatable bonds is 6. The van der Waals surface area contributed by atoms with E-state index < -0.39 is 5.54 Å². The van der Waals surface area contributed by atoms with Crippen LogP contribution in [0.15, 0.2) is 30.3 Å². The van der Waals surface area contributed by atoms with Gasteiger partial charge in [0.25, 0.3) is 0 Å². The highest BCUT2D eigenvalue weighted by Gasteiger charge is 2.37. The predicted molar refractivity (Wildman–Crippen MR) is 107 cm³/mol. The van der Waals surface area contributed by atoms with Crippen LogP contribution in [0, 0.1) is 5.92 Å². The zero-order valence-corrected chi connectivity index (χ0v) is 16.8. The van der Waals surface area contributed by atoms with Crippen LogP contribution < -0.4 is 11.1 Å². The second-order valence-corrected chi connectivity index (χ2v) is 7.36. The lowest BCUT2D eigenvalue weighted by atomic mass is 9.89. The Hall–Kier alpha value is -1.59. The standard InChI is InChI=1S/C20H31N3O2.ClH/c1-4-9-15(2)22-18(24)16-10-8-13-23(14-16)19(25)20(3,21)17-11-6-5-7-12-17;/h5-7,11-12,15-16H,4,8-10,13-14,21H2,1-3H3,(H,22,24);1H. The molecule has 3 unspecified atom stereocenters. The van der Waals surface area contributed by atoms with Crippen molar-refractivity contribution in [3.8, 4) is 0 Å². The van der Waals surface area contributed by atoms with Gasteiger partial charge in [-0.25, -0.2) is 0 Å². The number of nitrogens with two attached hydrogens (primary N) is 1. The monoisotopic (exact) mass is 381 g/mol. The number of benzene rings is 1. The molecule has 5 nitrogen and oxygen atoms in total. The third kappa shape index (κ3) is 5.45. The Morgan fingerprint density at radius 3 is 2.62 bits per heavy atom. The van der Waals surface area contributed by atoms with Gasteiger partial charge in [0.05, 0.1) is 5.92 Å². The predicted octanol–water partition coefficient (Wildman–Crippen LogP) is 2.83. The summed E-state index contributed by atoms with van der Waals surface area (Å²) in [5, 5.41) is 3.07. The van der Waals surface area contributed by atoms with Gasteiger partial charge in [0.15, 0.2) is 0 Å². The van der Waals surface area contributed by atoms with Crippen molar-refractivity contribution in [3.63, 3.8) is 0 Å². The number of nitrogens with zero attached hydrogens (tertiary/aromatic N) is 1. The maximum Gasteiger partial charge on any atom is 0.246 e. The molecule has 1 fully saturated rings. The van der Waals surface area contributed by atoms with Crippen LogP contribution in [0.5, 0.6) is 0 Å². The van der Waals surface area contributed by atoms with Crippen LogP contribution in [-0.2, 0) is 15.1 Å². The van der Waals surface area contributed by atoms with Crippen molar-refractivity contribution in [3.05, 3.63) is 35.9 Å². The second kappa shape index (κ2) is 9.93. The van der Waals surface area contributed by atoms with Gasteiger partial charge in [-0.15, -0.1) is 12.4 Å². The Morgan fingerprint density at radius 1 is 1.35 bits per heavy atom. The average molecular weight is 382 g/mol. The first-order valence-corrected chi connectivity index (χ1v) is 9.30. The van der Waals surface area contributed by atoms with Crippen LogP contribution >= 0.6 is 12.4 Å². The molecule has 3 atom stereocenters. The molecule has 1 aliphatic heterocycles. The molecule has 3 N–H and O–H groups in total. The zero-order chi connectivity index (χ0) is 18.4. The van der Waals surface area contributed by atoms with Gasteiger partial charge in [-0.3, -0.25) is 9.59 Å². The lowest BCUT2D eigenvalue weighted by molar-refractivity contribution is -0.140. The highest BCUT2D eigenvalue weighted by atomic mass is 35.5. The van der Waals surface area contributed by atoms with E-state index >= 15 is 0 Å². The molecule has 26 heavy (non-hydrogen) atoms. The van der Waals surface area contributed by atoms with Gasteiger partial charge < -0.3 is 16.0 Å². The Bertz CT molecular complexity index is 592. The molecule has 0 spiro atoms. The molecule has 1 aromatic carbocycles. The minimum absolute atomic E-state index is 0. The molecule has 1 saturated heterocycles. The van der Waals surface area contributed by atoms with Crippen molar-refractivity contribution in [2.75, 3.05) is 13.1 Å². The molecule has 6 heteroatoms. The number of piperidine rings is 1. The third-order valence-corrected chi connectivity index (χ3v) is 5.01. The highest BCUT2D eigenvalue weighted by Crippen LogP contribution is 2.24. The average Bonchev–Trinajstić information content (AvgIpc) is 2.62. The zero-order valence-electron chi connectivity index (χ0n) is 16.0. The molecule has 2 rings (SSSR count). The van der Waals surface area contributed by atoms with E-state index in [4.69, 9.17) is 5.73 Å². The summed E-state index contributed by atoms with van der Waals surface area (Å²) in [6.07, 6.45) is 3.66. The summed E-state index contributed by atoms with van der Waals surface area (Å²) in [6, 6.07) is 9.59. The number of carbonyl (C=O) groups is 2. The van der Waals surface area contributed by atoms with Crippen LogP contribution in [0.2, 0.25) is 0 Å². The van der Waals surface area contributed by atoms with Gasteiger partial charge in [0.2, 0.25) is 11.8 Å². The first-order chi connectivity index (χ1) is 11.9. The first kappa shape index (κ1) is 22.5. The lowest BCUT2D eigenvalue weighted by Gasteiger charge is -2.37. The Balaban J connectivity index is 0.00000338. The molecule has 0 radical (unpaired) electrons. The summed E-state index contributed by atoms with van der Waals surface area (Å²) >= 11 is 0. The smallest absolute Gasteiger partial charge is 0.246 e. The Kier molecular flexibility index (Phi) is 8.57. The second-order valence-electron chi connectivity index (χ2n) is 7.36. The molecule has 1 heterocycles. The van der Waals surface area contributed by atoms with Crippen molar-refractivity contribution < 1.29 is 9.59 Å². The van der Waals surface area contributed by atoms with Gasteiger partial charge in [-0.05, 0) is 38.7 Å². The van der Waals surface area contributed by atoms with Crippen LogP contribution in [0.1, 0.15) is 52.0 Å². The van der Waals surface area contributed by atoms with Crippen LogP contribution in [0.4, 0.5) is 0 Å². The van der Waals surface area contributed by atoms with E-state index in [1.54, 1.807) is 11.8 Å².